The van der Waals surface area contributed by atoms with Gasteiger partial charge in [0.1, 0.15) is 6.04 Å². The lowest BCUT2D eigenvalue weighted by Crippen LogP contribution is -2.22. The molecule has 0 aromatic heterocycles. The van der Waals surface area contributed by atoms with Gasteiger partial charge in [0.15, 0.2) is 5.78 Å². The number of Topliss-reactive ketones (excluding diaryl/α,β-unsaturated/α-hetero) is 1. The van der Waals surface area contributed by atoms with Crippen LogP contribution in [0.5, 0.6) is 0 Å². The molecule has 0 aliphatic carbocycles. The topological polar surface area (TPSA) is 49.7 Å². The second-order valence-corrected chi connectivity index (χ2v) is 3.29. The Kier molecular flexibility index (Phi) is 2.41. The van der Waals surface area contributed by atoms with Crippen molar-refractivity contribution in [3.05, 3.63) is 35.9 Å². The Morgan fingerprint density at radius 3 is 2.57 bits per heavy atom. The zero-order chi connectivity index (χ0) is 9.97. The zero-order valence-electron chi connectivity index (χ0n) is 7.63. The van der Waals surface area contributed by atoms with Crippen LogP contribution in [0.15, 0.2) is 35.3 Å². The van der Waals surface area contributed by atoms with E-state index >= 15 is 0 Å². The molecule has 1 heterocycles. The van der Waals surface area contributed by atoms with Crippen LogP contribution in [0.1, 0.15) is 11.5 Å². The molecule has 0 bridgehead atoms. The first-order chi connectivity index (χ1) is 6.83. The van der Waals surface area contributed by atoms with Gasteiger partial charge in [0.2, 0.25) is 0 Å². The van der Waals surface area contributed by atoms with E-state index in [1.807, 2.05) is 30.3 Å². The number of hydrogen-bond acceptors (Lipinski definition) is 3. The smallest absolute Gasteiger partial charge is 0.172 e. The lowest BCUT2D eigenvalue weighted by atomic mass is 9.95. The second-order valence-electron chi connectivity index (χ2n) is 3.29. The number of aliphatic hydroxyl groups is 1. The van der Waals surface area contributed by atoms with E-state index in [2.05, 4.69) is 4.99 Å². The summed E-state index contributed by atoms with van der Waals surface area (Å²) in [7, 11) is 0. The summed E-state index contributed by atoms with van der Waals surface area (Å²) < 4.78 is 0. The van der Waals surface area contributed by atoms with Crippen molar-refractivity contribution in [3.8, 4) is 0 Å². The number of carbonyl (C=O) groups is 1. The second kappa shape index (κ2) is 3.72. The zero-order valence-corrected chi connectivity index (χ0v) is 7.63. The molecule has 3 heteroatoms. The number of aliphatic hydroxyl groups excluding tert-OH is 1. The molecule has 72 valence electrons. The van der Waals surface area contributed by atoms with E-state index in [-0.39, 0.29) is 18.3 Å². The average Bonchev–Trinajstić information content (AvgIpc) is 2.61. The molecule has 0 spiro atoms. The third-order valence-electron chi connectivity index (χ3n) is 2.38. The first-order valence-corrected chi connectivity index (χ1v) is 4.56. The van der Waals surface area contributed by atoms with Gasteiger partial charge in [-0.1, -0.05) is 30.3 Å². The fourth-order valence-electron chi connectivity index (χ4n) is 1.59. The molecule has 1 aliphatic heterocycles. The Labute approximate surface area is 82.1 Å². The molecule has 0 saturated heterocycles. The van der Waals surface area contributed by atoms with Gasteiger partial charge in [-0.2, -0.15) is 0 Å². The van der Waals surface area contributed by atoms with Gasteiger partial charge in [0.05, 0.1) is 12.5 Å². The standard InChI is InChI=1S/C11H11NO2/c13-7-10-11(14)9(6-12-10)8-4-2-1-3-5-8/h1-6,9-10,13H,7H2. The van der Waals surface area contributed by atoms with Crippen molar-refractivity contribution in [2.24, 2.45) is 4.99 Å². The molecule has 1 aromatic carbocycles. The van der Waals surface area contributed by atoms with Crippen LogP contribution in [-0.2, 0) is 4.79 Å². The van der Waals surface area contributed by atoms with Gasteiger partial charge in [-0.15, -0.1) is 0 Å². The number of aliphatic imine (C=N–C) groups is 1. The quantitative estimate of drug-likeness (QED) is 0.747. The van der Waals surface area contributed by atoms with E-state index in [9.17, 15) is 4.79 Å². The van der Waals surface area contributed by atoms with Crippen molar-refractivity contribution < 1.29 is 9.90 Å². The maximum Gasteiger partial charge on any atom is 0.172 e. The summed E-state index contributed by atoms with van der Waals surface area (Å²) >= 11 is 0. The van der Waals surface area contributed by atoms with Crippen molar-refractivity contribution in [2.45, 2.75) is 12.0 Å². The monoisotopic (exact) mass is 189 g/mol. The summed E-state index contributed by atoms with van der Waals surface area (Å²) in [5, 5.41) is 8.87. The lowest BCUT2D eigenvalue weighted by molar-refractivity contribution is -0.120. The van der Waals surface area contributed by atoms with Crippen LogP contribution in [-0.4, -0.2) is 29.8 Å². The van der Waals surface area contributed by atoms with Crippen LogP contribution < -0.4 is 0 Å². The van der Waals surface area contributed by atoms with E-state index in [0.717, 1.165) is 5.56 Å². The number of carbonyl (C=O) groups excluding carboxylic acids is 1. The van der Waals surface area contributed by atoms with E-state index in [0.29, 0.717) is 0 Å². The summed E-state index contributed by atoms with van der Waals surface area (Å²) in [6.45, 7) is -0.196. The molecular formula is C11H11NO2. The van der Waals surface area contributed by atoms with Crippen LogP contribution in [0.4, 0.5) is 0 Å². The number of hydrogen-bond donors (Lipinski definition) is 1. The number of ketones is 1. The van der Waals surface area contributed by atoms with Crippen LogP contribution in [0, 0.1) is 0 Å². The van der Waals surface area contributed by atoms with E-state index in [1.54, 1.807) is 6.21 Å². The van der Waals surface area contributed by atoms with Gasteiger partial charge in [-0.3, -0.25) is 9.79 Å². The van der Waals surface area contributed by atoms with Crippen molar-refractivity contribution in [1.29, 1.82) is 0 Å². The van der Waals surface area contributed by atoms with Gasteiger partial charge in [-0.25, -0.2) is 0 Å². The largest absolute Gasteiger partial charge is 0.394 e. The van der Waals surface area contributed by atoms with Gasteiger partial charge >= 0.3 is 0 Å². The minimum absolute atomic E-state index is 0.0151. The highest BCUT2D eigenvalue weighted by Gasteiger charge is 2.30. The fourth-order valence-corrected chi connectivity index (χ4v) is 1.59. The summed E-state index contributed by atoms with van der Waals surface area (Å²) in [5.74, 6) is -0.285. The summed E-state index contributed by atoms with van der Waals surface area (Å²) in [6, 6.07) is 8.93. The molecule has 2 atom stereocenters. The normalized spacial score (nSPS) is 25.6. The SMILES string of the molecule is O=C1C(CO)N=CC1c1ccccc1. The highest BCUT2D eigenvalue weighted by Crippen LogP contribution is 2.21. The van der Waals surface area contributed by atoms with E-state index in [4.69, 9.17) is 5.11 Å². The highest BCUT2D eigenvalue weighted by atomic mass is 16.3. The summed E-state index contributed by atoms with van der Waals surface area (Å²) in [5.41, 5.74) is 0.942. The molecule has 2 rings (SSSR count). The fraction of sp³-hybridized carbons (Fsp3) is 0.273. The Bertz CT molecular complexity index is 359. The average molecular weight is 189 g/mol. The third kappa shape index (κ3) is 1.46. The van der Waals surface area contributed by atoms with Crippen molar-refractivity contribution in [1.82, 2.24) is 0 Å². The van der Waals surface area contributed by atoms with Crippen LogP contribution >= 0.6 is 0 Å². The summed E-state index contributed by atoms with van der Waals surface area (Å²) in [6.07, 6.45) is 1.62. The van der Waals surface area contributed by atoms with Crippen LogP contribution in [0.25, 0.3) is 0 Å². The molecule has 1 aliphatic rings. The Hall–Kier alpha value is -1.48. The molecular weight excluding hydrogens is 178 g/mol. The van der Waals surface area contributed by atoms with Crippen molar-refractivity contribution >= 4 is 12.0 Å². The van der Waals surface area contributed by atoms with Crippen LogP contribution in [0.2, 0.25) is 0 Å². The number of rotatable bonds is 2. The van der Waals surface area contributed by atoms with Crippen LogP contribution in [0.3, 0.4) is 0 Å². The first kappa shape index (κ1) is 9.09. The van der Waals surface area contributed by atoms with Crippen molar-refractivity contribution in [3.63, 3.8) is 0 Å². The lowest BCUT2D eigenvalue weighted by Gasteiger charge is -2.07. The molecule has 1 aromatic rings. The summed E-state index contributed by atoms with van der Waals surface area (Å²) in [4.78, 5) is 15.6. The Morgan fingerprint density at radius 1 is 1.29 bits per heavy atom. The Morgan fingerprint density at radius 2 is 2.00 bits per heavy atom. The minimum atomic E-state index is -0.555. The molecule has 1 N–H and O–H groups in total. The maximum atomic E-state index is 11.7. The molecule has 0 saturated carbocycles. The molecule has 14 heavy (non-hydrogen) atoms. The minimum Gasteiger partial charge on any atom is -0.394 e. The predicted octanol–water partition coefficient (Wildman–Crippen LogP) is 0.785. The third-order valence-corrected chi connectivity index (χ3v) is 2.38. The highest BCUT2D eigenvalue weighted by molar-refractivity contribution is 6.07. The van der Waals surface area contributed by atoms with E-state index < -0.39 is 6.04 Å². The Balaban J connectivity index is 2.23. The van der Waals surface area contributed by atoms with Gasteiger partial charge in [0, 0.05) is 6.21 Å². The van der Waals surface area contributed by atoms with Gasteiger partial charge < -0.3 is 5.11 Å². The number of benzene rings is 1. The molecule has 2 unspecified atom stereocenters. The van der Waals surface area contributed by atoms with E-state index in [1.165, 1.54) is 0 Å². The maximum absolute atomic E-state index is 11.7. The molecule has 0 amide bonds. The van der Waals surface area contributed by atoms with Gasteiger partial charge in [0.25, 0.3) is 0 Å². The molecule has 0 fully saturated rings. The first-order valence-electron chi connectivity index (χ1n) is 4.56. The van der Waals surface area contributed by atoms with Crippen molar-refractivity contribution in [2.75, 3.05) is 6.61 Å². The molecule has 0 radical (unpaired) electrons. The number of nitrogens with zero attached hydrogens (tertiary/aromatic N) is 1. The predicted molar refractivity (Wildman–Crippen MR) is 53.6 cm³/mol. The molecule has 3 nitrogen and oxygen atoms in total. The van der Waals surface area contributed by atoms with Gasteiger partial charge in [-0.05, 0) is 5.56 Å².